The molecule has 0 bridgehead atoms. The number of amides is 1. The van der Waals surface area contributed by atoms with Crippen molar-refractivity contribution in [3.05, 3.63) is 35.9 Å². The molecule has 0 fully saturated rings. The Morgan fingerprint density at radius 3 is 2.50 bits per heavy atom. The zero-order chi connectivity index (χ0) is 12.0. The zero-order valence-corrected chi connectivity index (χ0v) is 10.2. The maximum atomic E-state index is 11.1. The molecule has 1 aromatic rings. The molecule has 0 aliphatic carbocycles. The number of nitrogens with zero attached hydrogens (tertiary/aromatic N) is 1. The van der Waals surface area contributed by atoms with E-state index in [1.165, 1.54) is 0 Å². The monoisotopic (exact) mass is 237 g/mol. The largest absolute Gasteiger partial charge is 0.445 e. The molecule has 1 atom stereocenters. The van der Waals surface area contributed by atoms with Crippen LogP contribution < -0.4 is 0 Å². The van der Waals surface area contributed by atoms with E-state index in [1.807, 2.05) is 30.3 Å². The normalized spacial score (nSPS) is 12.2. The van der Waals surface area contributed by atoms with Gasteiger partial charge in [-0.3, -0.25) is 0 Å². The van der Waals surface area contributed by atoms with Gasteiger partial charge in [0.25, 0.3) is 0 Å². The van der Waals surface area contributed by atoms with Crippen molar-refractivity contribution >= 4 is 18.5 Å². The van der Waals surface area contributed by atoms with Crippen LogP contribution in [0.15, 0.2) is 34.7 Å². The van der Waals surface area contributed by atoms with Crippen molar-refractivity contribution < 1.29 is 9.53 Å². The first-order valence-corrected chi connectivity index (χ1v) is 5.59. The Morgan fingerprint density at radius 2 is 2.00 bits per heavy atom. The third-order valence-corrected chi connectivity index (χ3v) is 2.32. The van der Waals surface area contributed by atoms with Gasteiger partial charge in [-0.25, -0.2) is 4.79 Å². The van der Waals surface area contributed by atoms with Crippen LogP contribution in [0.3, 0.4) is 0 Å². The molecule has 0 radical (unpaired) electrons. The second kappa shape index (κ2) is 6.33. The Kier molecular flexibility index (Phi) is 5.05. The van der Waals surface area contributed by atoms with Crippen LogP contribution in [0.1, 0.15) is 31.9 Å². The second-order valence-electron chi connectivity index (χ2n) is 4.00. The second-order valence-corrected chi connectivity index (χ2v) is 4.19. The van der Waals surface area contributed by atoms with Crippen LogP contribution in [0.5, 0.6) is 0 Å². The van der Waals surface area contributed by atoms with Gasteiger partial charge in [-0.05, 0) is 17.9 Å². The van der Waals surface area contributed by atoms with Gasteiger partial charge >= 0.3 is 6.09 Å². The molecule has 16 heavy (non-hydrogen) atoms. The van der Waals surface area contributed by atoms with Gasteiger partial charge < -0.3 is 4.74 Å². The van der Waals surface area contributed by atoms with Crippen LogP contribution in [0, 0.1) is 5.92 Å². The molecule has 3 nitrogen and oxygen atoms in total. The van der Waals surface area contributed by atoms with E-state index in [0.717, 1.165) is 12.0 Å². The molecule has 0 aliphatic rings. The van der Waals surface area contributed by atoms with Crippen molar-refractivity contribution in [1.29, 1.82) is 0 Å². The summed E-state index contributed by atoms with van der Waals surface area (Å²) in [4.78, 5) is 11.1. The SMILES string of the molecule is CC(C)CC(OC(=O)N=S)c1ccccc1. The third-order valence-electron chi connectivity index (χ3n) is 2.17. The summed E-state index contributed by atoms with van der Waals surface area (Å²) in [6, 6.07) is 9.63. The summed E-state index contributed by atoms with van der Waals surface area (Å²) in [6.45, 7) is 4.16. The van der Waals surface area contributed by atoms with E-state index in [-0.39, 0.29) is 6.10 Å². The van der Waals surface area contributed by atoms with Gasteiger partial charge in [0.2, 0.25) is 0 Å². The van der Waals surface area contributed by atoms with Gasteiger partial charge in [-0.15, -0.1) is 4.36 Å². The molecule has 86 valence electrons. The molecule has 0 aliphatic heterocycles. The summed E-state index contributed by atoms with van der Waals surface area (Å²) in [5.74, 6) is 0.433. The highest BCUT2D eigenvalue weighted by atomic mass is 32.1. The van der Waals surface area contributed by atoms with Crippen molar-refractivity contribution in [1.82, 2.24) is 0 Å². The van der Waals surface area contributed by atoms with Crippen LogP contribution in [0.4, 0.5) is 4.79 Å². The van der Waals surface area contributed by atoms with Crippen LogP contribution in [0.25, 0.3) is 0 Å². The van der Waals surface area contributed by atoms with Crippen molar-refractivity contribution in [2.45, 2.75) is 26.4 Å². The van der Waals surface area contributed by atoms with E-state index < -0.39 is 6.09 Å². The number of benzene rings is 1. The number of hydrogen-bond donors (Lipinski definition) is 0. The number of ether oxygens (including phenoxy) is 1. The molecule has 1 rings (SSSR count). The van der Waals surface area contributed by atoms with Gasteiger partial charge in [0.05, 0.1) is 0 Å². The van der Waals surface area contributed by atoms with Crippen molar-refractivity contribution in [2.75, 3.05) is 0 Å². The minimum atomic E-state index is -0.690. The molecule has 1 unspecified atom stereocenters. The van der Waals surface area contributed by atoms with E-state index in [0.29, 0.717) is 5.92 Å². The average molecular weight is 237 g/mol. The standard InChI is InChI=1S/C12H15NO2S/c1-9(2)8-11(15-12(14)13-16)10-6-4-3-5-7-10/h3-7,9,11H,8H2,1-2H3. The van der Waals surface area contributed by atoms with Crippen LogP contribution >= 0.6 is 0 Å². The predicted octanol–water partition coefficient (Wildman–Crippen LogP) is 3.64. The lowest BCUT2D eigenvalue weighted by molar-refractivity contribution is 0.0943. The summed E-state index contributed by atoms with van der Waals surface area (Å²) in [7, 11) is 0. The Balaban J connectivity index is 2.79. The van der Waals surface area contributed by atoms with Crippen molar-refractivity contribution in [3.8, 4) is 0 Å². The zero-order valence-electron chi connectivity index (χ0n) is 9.42. The van der Waals surface area contributed by atoms with Gasteiger partial charge in [0.1, 0.15) is 6.10 Å². The molecule has 1 amide bonds. The van der Waals surface area contributed by atoms with E-state index in [2.05, 4.69) is 30.6 Å². The predicted molar refractivity (Wildman–Crippen MR) is 64.9 cm³/mol. The number of hydrogen-bond acceptors (Lipinski definition) is 3. The van der Waals surface area contributed by atoms with Crippen molar-refractivity contribution in [3.63, 3.8) is 0 Å². The molecular formula is C12H15NO2S. The highest BCUT2D eigenvalue weighted by Gasteiger charge is 2.17. The van der Waals surface area contributed by atoms with Crippen LogP contribution in [-0.4, -0.2) is 6.09 Å². The lowest BCUT2D eigenvalue weighted by atomic mass is 9.99. The molecule has 0 saturated heterocycles. The summed E-state index contributed by atoms with van der Waals surface area (Å²) >= 11 is 4.31. The van der Waals surface area contributed by atoms with E-state index >= 15 is 0 Å². The first-order valence-electron chi connectivity index (χ1n) is 5.22. The number of carbonyl (C=O) groups is 1. The van der Waals surface area contributed by atoms with Crippen LogP contribution in [0.2, 0.25) is 0 Å². The third kappa shape index (κ3) is 4.06. The minimum Gasteiger partial charge on any atom is -0.439 e. The van der Waals surface area contributed by atoms with E-state index in [9.17, 15) is 4.79 Å². The summed E-state index contributed by atoms with van der Waals surface area (Å²) < 4.78 is 8.27. The molecule has 0 heterocycles. The summed E-state index contributed by atoms with van der Waals surface area (Å²) in [5.41, 5.74) is 0.975. The van der Waals surface area contributed by atoms with Gasteiger partial charge in [0, 0.05) is 12.4 Å². The topological polar surface area (TPSA) is 38.7 Å². The summed E-state index contributed by atoms with van der Waals surface area (Å²) in [5, 5.41) is 0. The minimum absolute atomic E-state index is 0.264. The molecule has 0 saturated carbocycles. The molecule has 0 aromatic heterocycles. The highest BCUT2D eigenvalue weighted by molar-refractivity contribution is 7.47. The number of carbonyl (C=O) groups excluding carboxylic acids is 1. The van der Waals surface area contributed by atoms with Gasteiger partial charge in [-0.1, -0.05) is 44.2 Å². The fourth-order valence-corrected chi connectivity index (χ4v) is 1.53. The fourth-order valence-electron chi connectivity index (χ4n) is 1.49. The lowest BCUT2D eigenvalue weighted by Gasteiger charge is -2.18. The van der Waals surface area contributed by atoms with Gasteiger partial charge in [-0.2, -0.15) is 0 Å². The Labute approximate surface area is 101 Å². The quantitative estimate of drug-likeness (QED) is 0.802. The highest BCUT2D eigenvalue weighted by Crippen LogP contribution is 2.25. The maximum Gasteiger partial charge on any atom is 0.445 e. The Bertz CT molecular complexity index is 351. The maximum absolute atomic E-state index is 11.1. The first kappa shape index (κ1) is 12.8. The van der Waals surface area contributed by atoms with Crippen LogP contribution in [-0.2, 0) is 17.2 Å². The smallest absolute Gasteiger partial charge is 0.439 e. The average Bonchev–Trinajstić information content (AvgIpc) is 2.28. The first-order chi connectivity index (χ1) is 7.63. The molecular weight excluding hydrogens is 222 g/mol. The van der Waals surface area contributed by atoms with E-state index in [1.54, 1.807) is 0 Å². The molecule has 0 N–H and O–H groups in total. The molecule has 0 spiro atoms. The Morgan fingerprint density at radius 1 is 1.38 bits per heavy atom. The van der Waals surface area contributed by atoms with Crippen molar-refractivity contribution in [2.24, 2.45) is 10.3 Å². The Hall–Kier alpha value is -1.29. The number of rotatable bonds is 4. The lowest BCUT2D eigenvalue weighted by Crippen LogP contribution is -2.10. The van der Waals surface area contributed by atoms with Gasteiger partial charge in [0.15, 0.2) is 0 Å². The molecule has 1 aromatic carbocycles. The fraction of sp³-hybridized carbons (Fsp3) is 0.417. The summed E-state index contributed by atoms with van der Waals surface area (Å²) in [6.07, 6.45) is -0.189. The molecule has 4 heteroatoms. The van der Waals surface area contributed by atoms with E-state index in [4.69, 9.17) is 4.74 Å².